The summed E-state index contributed by atoms with van der Waals surface area (Å²) >= 11 is 0. The van der Waals surface area contributed by atoms with Gasteiger partial charge in [0.25, 0.3) is 0 Å². The maximum absolute atomic E-state index is 4.96. The Morgan fingerprint density at radius 1 is 0.694 bits per heavy atom. The van der Waals surface area contributed by atoms with E-state index in [0.29, 0.717) is 17.8 Å². The predicted octanol–water partition coefficient (Wildman–Crippen LogP) is 5.12. The Labute approximate surface area is 216 Å². The summed E-state index contributed by atoms with van der Waals surface area (Å²) in [6.07, 6.45) is 4.03. The number of hydrogen-bond donors (Lipinski definition) is 1. The molecule has 1 heterocycles. The number of rotatable bonds is 8. The summed E-state index contributed by atoms with van der Waals surface area (Å²) < 4.78 is 0. The van der Waals surface area contributed by atoms with Gasteiger partial charge in [0, 0.05) is 32.7 Å². The molecule has 0 atom stereocenters. The van der Waals surface area contributed by atoms with Gasteiger partial charge < -0.3 is 15.1 Å². The third-order valence-electron chi connectivity index (χ3n) is 8.25. The van der Waals surface area contributed by atoms with Crippen LogP contribution < -0.4 is 15.1 Å². The Hall–Kier alpha value is -3.19. The summed E-state index contributed by atoms with van der Waals surface area (Å²) in [5.41, 5.74) is 2.46. The van der Waals surface area contributed by atoms with Crippen molar-refractivity contribution in [3.05, 3.63) is 71.8 Å². The minimum absolute atomic E-state index is 0.00135. The van der Waals surface area contributed by atoms with E-state index in [1.807, 2.05) is 14.1 Å². The molecular formula is C29H41N7. The van der Waals surface area contributed by atoms with Gasteiger partial charge >= 0.3 is 0 Å². The van der Waals surface area contributed by atoms with Crippen molar-refractivity contribution in [1.82, 2.24) is 19.9 Å². The van der Waals surface area contributed by atoms with Gasteiger partial charge in [0.05, 0.1) is 5.54 Å². The molecule has 0 amide bonds. The number of nitrogens with zero attached hydrogens (tertiary/aromatic N) is 6. The number of nitrogens with one attached hydrogen (secondary N) is 1. The van der Waals surface area contributed by atoms with Crippen LogP contribution >= 0.6 is 0 Å². The third kappa shape index (κ3) is 4.64. The zero-order valence-electron chi connectivity index (χ0n) is 22.9. The first-order chi connectivity index (χ1) is 17.2. The molecule has 1 N–H and O–H groups in total. The Balaban J connectivity index is 1.78. The zero-order chi connectivity index (χ0) is 25.9. The van der Waals surface area contributed by atoms with Crippen LogP contribution in [0.5, 0.6) is 0 Å². The summed E-state index contributed by atoms with van der Waals surface area (Å²) in [5, 5.41) is 3.14. The van der Waals surface area contributed by atoms with Gasteiger partial charge in [-0.15, -0.1) is 0 Å². The fourth-order valence-corrected chi connectivity index (χ4v) is 5.58. The van der Waals surface area contributed by atoms with E-state index in [1.54, 1.807) is 0 Å². The van der Waals surface area contributed by atoms with E-state index in [4.69, 9.17) is 9.97 Å². The van der Waals surface area contributed by atoms with Crippen molar-refractivity contribution in [2.45, 2.75) is 56.7 Å². The molecule has 1 aliphatic rings. The van der Waals surface area contributed by atoms with Crippen molar-refractivity contribution in [1.29, 1.82) is 0 Å². The highest BCUT2D eigenvalue weighted by Crippen LogP contribution is 2.51. The molecule has 3 aromatic rings. The molecule has 192 valence electrons. The summed E-state index contributed by atoms with van der Waals surface area (Å²) in [5.74, 6) is 1.95. The molecule has 1 aliphatic carbocycles. The maximum Gasteiger partial charge on any atom is 0.232 e. The van der Waals surface area contributed by atoms with Crippen LogP contribution in [0.4, 0.5) is 17.8 Å². The zero-order valence-corrected chi connectivity index (χ0v) is 22.9. The summed E-state index contributed by atoms with van der Waals surface area (Å²) in [7, 11) is 10.5. The molecule has 7 heteroatoms. The molecular weight excluding hydrogens is 446 g/mol. The lowest BCUT2D eigenvalue weighted by molar-refractivity contribution is 0.0642. The third-order valence-corrected chi connectivity index (χ3v) is 8.25. The van der Waals surface area contributed by atoms with Gasteiger partial charge in [0.2, 0.25) is 17.8 Å². The average Bonchev–Trinajstić information content (AvgIpc) is 2.92. The molecule has 0 aliphatic heterocycles. The van der Waals surface area contributed by atoms with E-state index in [1.165, 1.54) is 11.1 Å². The monoisotopic (exact) mass is 487 g/mol. The second-order valence-electron chi connectivity index (χ2n) is 10.5. The van der Waals surface area contributed by atoms with Gasteiger partial charge in [-0.1, -0.05) is 60.7 Å². The molecule has 0 unspecified atom stereocenters. The Morgan fingerprint density at radius 2 is 1.17 bits per heavy atom. The molecule has 4 rings (SSSR count). The molecule has 2 aromatic carbocycles. The van der Waals surface area contributed by atoms with Gasteiger partial charge in [-0.3, -0.25) is 4.90 Å². The lowest BCUT2D eigenvalue weighted by Gasteiger charge is -2.53. The minimum atomic E-state index is -0.227. The van der Waals surface area contributed by atoms with Crippen molar-refractivity contribution >= 4 is 17.8 Å². The number of benzene rings is 2. The van der Waals surface area contributed by atoms with E-state index in [-0.39, 0.29) is 17.1 Å². The Bertz CT molecular complexity index is 1120. The van der Waals surface area contributed by atoms with Crippen molar-refractivity contribution in [3.63, 3.8) is 0 Å². The first-order valence-corrected chi connectivity index (χ1v) is 12.9. The van der Waals surface area contributed by atoms with E-state index in [0.717, 1.165) is 25.7 Å². The van der Waals surface area contributed by atoms with Crippen LogP contribution in [0.3, 0.4) is 0 Å². The van der Waals surface area contributed by atoms with Crippen LogP contribution in [0.25, 0.3) is 0 Å². The standard InChI is InChI=1S/C29H41N7/c1-22(2)35(6)26-31-25(30-3)32-27(33-26)36(7)29(24-16-12-9-13-17-24)20-18-28(19-21-29,34(4)5)23-14-10-8-11-15-23/h8-17,22H,18-21H2,1-7H3,(H,30,31,32,33). The highest BCUT2D eigenvalue weighted by atomic mass is 15.4. The van der Waals surface area contributed by atoms with Crippen molar-refractivity contribution in [2.24, 2.45) is 0 Å². The van der Waals surface area contributed by atoms with Crippen molar-refractivity contribution in [3.8, 4) is 0 Å². The number of hydrogen-bond acceptors (Lipinski definition) is 7. The first-order valence-electron chi connectivity index (χ1n) is 12.9. The van der Waals surface area contributed by atoms with Gasteiger partial charge in [-0.25, -0.2) is 0 Å². The van der Waals surface area contributed by atoms with Crippen molar-refractivity contribution < 1.29 is 0 Å². The van der Waals surface area contributed by atoms with Crippen LogP contribution in [0.2, 0.25) is 0 Å². The highest BCUT2D eigenvalue weighted by molar-refractivity contribution is 5.49. The van der Waals surface area contributed by atoms with E-state index in [2.05, 4.69) is 121 Å². The molecule has 0 spiro atoms. The fourth-order valence-electron chi connectivity index (χ4n) is 5.58. The Kier molecular flexibility index (Phi) is 7.50. The lowest BCUT2D eigenvalue weighted by Crippen LogP contribution is -2.54. The topological polar surface area (TPSA) is 60.4 Å². The lowest BCUT2D eigenvalue weighted by atomic mass is 9.66. The summed E-state index contributed by atoms with van der Waals surface area (Å²) in [6, 6.07) is 22.1. The van der Waals surface area contributed by atoms with Gasteiger partial charge in [0.1, 0.15) is 0 Å². The van der Waals surface area contributed by atoms with Gasteiger partial charge in [-0.2, -0.15) is 15.0 Å². The highest BCUT2D eigenvalue weighted by Gasteiger charge is 2.48. The Morgan fingerprint density at radius 3 is 1.64 bits per heavy atom. The van der Waals surface area contributed by atoms with Crippen LogP contribution in [0.15, 0.2) is 60.7 Å². The minimum Gasteiger partial charge on any atom is -0.357 e. The maximum atomic E-state index is 4.96. The van der Waals surface area contributed by atoms with Crippen LogP contribution in [-0.2, 0) is 11.1 Å². The molecule has 1 saturated carbocycles. The molecule has 1 aromatic heterocycles. The van der Waals surface area contributed by atoms with E-state index in [9.17, 15) is 0 Å². The van der Waals surface area contributed by atoms with Crippen LogP contribution in [0, 0.1) is 0 Å². The van der Waals surface area contributed by atoms with Crippen LogP contribution in [-0.4, -0.2) is 61.1 Å². The second kappa shape index (κ2) is 10.4. The first kappa shape index (κ1) is 25.9. The van der Waals surface area contributed by atoms with E-state index >= 15 is 0 Å². The number of aromatic nitrogens is 3. The molecule has 0 radical (unpaired) electrons. The van der Waals surface area contributed by atoms with E-state index < -0.39 is 0 Å². The molecule has 36 heavy (non-hydrogen) atoms. The number of anilines is 3. The summed E-state index contributed by atoms with van der Waals surface area (Å²) in [4.78, 5) is 21.2. The SMILES string of the molecule is CNc1nc(N(C)C(C)C)nc(N(C)C2(c3ccccc3)CCC(c3ccccc3)(N(C)C)CC2)n1. The quantitative estimate of drug-likeness (QED) is 0.473. The molecule has 1 fully saturated rings. The van der Waals surface area contributed by atoms with Crippen molar-refractivity contribution in [2.75, 3.05) is 50.4 Å². The molecule has 7 nitrogen and oxygen atoms in total. The second-order valence-corrected chi connectivity index (χ2v) is 10.5. The average molecular weight is 488 g/mol. The van der Waals surface area contributed by atoms with Crippen LogP contribution in [0.1, 0.15) is 50.7 Å². The largest absolute Gasteiger partial charge is 0.357 e. The van der Waals surface area contributed by atoms with Gasteiger partial charge in [0.15, 0.2) is 0 Å². The predicted molar refractivity (Wildman–Crippen MR) is 150 cm³/mol. The van der Waals surface area contributed by atoms with Gasteiger partial charge in [-0.05, 0) is 64.8 Å². The smallest absolute Gasteiger partial charge is 0.232 e. The molecule has 0 saturated heterocycles. The normalized spacial score (nSPS) is 22.0. The fraction of sp³-hybridized carbons (Fsp3) is 0.483. The summed E-state index contributed by atoms with van der Waals surface area (Å²) in [6.45, 7) is 4.28. The molecule has 0 bridgehead atoms.